The summed E-state index contributed by atoms with van der Waals surface area (Å²) in [7, 11) is 0. The number of allylic oxidation sites excluding steroid dienone is 1. The summed E-state index contributed by atoms with van der Waals surface area (Å²) < 4.78 is 17.4. The lowest BCUT2D eigenvalue weighted by atomic mass is 9.79. The molecule has 0 amide bonds. The number of likely N-dealkylation sites (tertiary alicyclic amines) is 1. The van der Waals surface area contributed by atoms with Crippen molar-refractivity contribution in [2.75, 3.05) is 39.5 Å². The van der Waals surface area contributed by atoms with E-state index in [4.69, 9.17) is 14.2 Å². The normalized spacial score (nSPS) is 23.2. The molecule has 2 saturated heterocycles. The Kier molecular flexibility index (Phi) is 27.9. The summed E-state index contributed by atoms with van der Waals surface area (Å²) in [5.74, 6) is 0.121. The smallest absolute Gasteiger partial charge is 0.308 e. The standard InChI is InChI=1S/C46H77NO6/c1-4-7-16-25-40-32-38-51-44(48)30-20-14-10-12-18-27-42(46(50)53-37-24-36-47-34-22-23-35-47)28-19-13-11-15-21-31-45(49)52-39-33-41(26-17-8-5-2)43(40)29-9-6-3/h40-42H,3-5,7-8,10-28,30-39H2,1-2H3. The van der Waals surface area contributed by atoms with Crippen molar-refractivity contribution in [3.63, 3.8) is 0 Å². The molecule has 2 aliphatic heterocycles. The number of cyclic esters (lactones) is 2. The Morgan fingerprint density at radius 1 is 0.698 bits per heavy atom. The molecule has 7 nitrogen and oxygen atoms in total. The Balaban J connectivity index is 2.03. The van der Waals surface area contributed by atoms with E-state index in [1.807, 2.05) is 0 Å². The van der Waals surface area contributed by atoms with Gasteiger partial charge in [0.05, 0.1) is 25.7 Å². The van der Waals surface area contributed by atoms with E-state index in [-0.39, 0.29) is 35.7 Å². The van der Waals surface area contributed by atoms with Gasteiger partial charge in [-0.1, -0.05) is 115 Å². The van der Waals surface area contributed by atoms with Crippen LogP contribution in [0.2, 0.25) is 0 Å². The van der Waals surface area contributed by atoms with Crippen molar-refractivity contribution in [2.45, 2.75) is 187 Å². The van der Waals surface area contributed by atoms with E-state index in [1.54, 1.807) is 0 Å². The van der Waals surface area contributed by atoms with Gasteiger partial charge in [0.1, 0.15) is 0 Å². The summed E-state index contributed by atoms with van der Waals surface area (Å²) in [4.78, 5) is 41.1. The first-order chi connectivity index (χ1) is 26.0. The Bertz CT molecular complexity index is 1060. The number of rotatable bonds is 13. The van der Waals surface area contributed by atoms with Crippen LogP contribution in [0.1, 0.15) is 187 Å². The van der Waals surface area contributed by atoms with E-state index in [0.717, 1.165) is 154 Å². The van der Waals surface area contributed by atoms with Gasteiger partial charge in [-0.3, -0.25) is 14.4 Å². The SMILES string of the molecule is C=C=C=C=C1C(CCCCC)CCOC(=O)CCCCCCCC(C(=O)OCCCN2CCCC2)CCCCCCCC(=O)OCCC1CCCCC. The maximum atomic E-state index is 13.1. The molecular formula is C46H77NO6. The summed E-state index contributed by atoms with van der Waals surface area (Å²) in [5.41, 5.74) is 10.4. The van der Waals surface area contributed by atoms with Crippen LogP contribution >= 0.6 is 0 Å². The van der Waals surface area contributed by atoms with Crippen LogP contribution < -0.4 is 0 Å². The summed E-state index contributed by atoms with van der Waals surface area (Å²) in [6, 6.07) is 0. The molecule has 0 saturated carbocycles. The summed E-state index contributed by atoms with van der Waals surface area (Å²) in [5, 5.41) is 0. The van der Waals surface area contributed by atoms with Gasteiger partial charge >= 0.3 is 17.9 Å². The zero-order valence-electron chi connectivity index (χ0n) is 34.2. The third-order valence-corrected chi connectivity index (χ3v) is 11.2. The summed E-state index contributed by atoms with van der Waals surface area (Å²) in [6.07, 6.45) is 26.3. The number of hydrogen-bond acceptors (Lipinski definition) is 7. The molecule has 0 aromatic rings. The monoisotopic (exact) mass is 740 g/mol. The summed E-state index contributed by atoms with van der Waals surface area (Å²) in [6.45, 7) is 12.8. The molecule has 53 heavy (non-hydrogen) atoms. The third kappa shape index (κ3) is 23.1. The highest BCUT2D eigenvalue weighted by Gasteiger charge is 2.24. The fourth-order valence-electron chi connectivity index (χ4n) is 7.97. The third-order valence-electron chi connectivity index (χ3n) is 11.2. The van der Waals surface area contributed by atoms with Crippen molar-refractivity contribution in [1.29, 1.82) is 0 Å². The van der Waals surface area contributed by atoms with E-state index in [0.29, 0.717) is 32.7 Å². The van der Waals surface area contributed by atoms with Crippen LogP contribution in [0.5, 0.6) is 0 Å². The molecule has 2 fully saturated rings. The van der Waals surface area contributed by atoms with Gasteiger partial charge in [-0.25, -0.2) is 0 Å². The van der Waals surface area contributed by atoms with Gasteiger partial charge in [0.2, 0.25) is 0 Å². The van der Waals surface area contributed by atoms with Gasteiger partial charge in [-0.2, -0.15) is 0 Å². The molecule has 7 heteroatoms. The van der Waals surface area contributed by atoms with Crippen LogP contribution in [0, 0.1) is 17.8 Å². The van der Waals surface area contributed by atoms with Gasteiger partial charge in [0.15, 0.2) is 0 Å². The van der Waals surface area contributed by atoms with Crippen LogP contribution in [-0.2, 0) is 28.6 Å². The van der Waals surface area contributed by atoms with Gasteiger partial charge in [0, 0.05) is 19.4 Å². The molecular weight excluding hydrogens is 663 g/mol. The number of nitrogens with zero attached hydrogens (tertiary/aromatic N) is 1. The lowest BCUT2D eigenvalue weighted by Crippen LogP contribution is -2.23. The maximum Gasteiger partial charge on any atom is 0.308 e. The van der Waals surface area contributed by atoms with E-state index in [1.165, 1.54) is 31.5 Å². The zero-order chi connectivity index (χ0) is 38.2. The number of carbonyl (C=O) groups is 3. The average Bonchev–Trinajstić information content (AvgIpc) is 3.68. The largest absolute Gasteiger partial charge is 0.466 e. The van der Waals surface area contributed by atoms with E-state index in [2.05, 4.69) is 42.5 Å². The minimum absolute atomic E-state index is 0.0268. The first kappa shape index (κ1) is 46.6. The second-order valence-electron chi connectivity index (χ2n) is 15.7. The van der Waals surface area contributed by atoms with Crippen molar-refractivity contribution < 1.29 is 28.6 Å². The first-order valence-electron chi connectivity index (χ1n) is 22.1. The number of esters is 3. The molecule has 2 unspecified atom stereocenters. The maximum absolute atomic E-state index is 13.1. The van der Waals surface area contributed by atoms with Crippen LogP contribution in [0.25, 0.3) is 0 Å². The van der Waals surface area contributed by atoms with Crippen LogP contribution in [-0.4, -0.2) is 62.3 Å². The number of hydrogen-bond donors (Lipinski definition) is 0. The Morgan fingerprint density at radius 2 is 1.21 bits per heavy atom. The predicted molar refractivity (Wildman–Crippen MR) is 215 cm³/mol. The second-order valence-corrected chi connectivity index (χ2v) is 15.7. The molecule has 0 aliphatic carbocycles. The fraction of sp³-hybridized carbons (Fsp3) is 0.826. The predicted octanol–water partition coefficient (Wildman–Crippen LogP) is 11.4. The summed E-state index contributed by atoms with van der Waals surface area (Å²) >= 11 is 0. The highest BCUT2D eigenvalue weighted by Crippen LogP contribution is 2.33. The molecule has 0 N–H and O–H groups in total. The lowest BCUT2D eigenvalue weighted by Gasteiger charge is -2.26. The topological polar surface area (TPSA) is 82.1 Å². The molecule has 0 bridgehead atoms. The Hall–Kier alpha value is -2.55. The molecule has 2 aliphatic rings. The highest BCUT2D eigenvalue weighted by atomic mass is 16.5. The van der Waals surface area contributed by atoms with Crippen LogP contribution in [0.4, 0.5) is 0 Å². The zero-order valence-corrected chi connectivity index (χ0v) is 34.2. The highest BCUT2D eigenvalue weighted by molar-refractivity contribution is 5.72. The first-order valence-corrected chi connectivity index (χ1v) is 22.1. The van der Waals surface area contributed by atoms with Crippen molar-refractivity contribution >= 4 is 17.9 Å². The van der Waals surface area contributed by atoms with Gasteiger partial charge in [0.25, 0.3) is 0 Å². The van der Waals surface area contributed by atoms with Gasteiger partial charge in [-0.15, -0.1) is 0 Å². The molecule has 302 valence electrons. The van der Waals surface area contributed by atoms with Crippen molar-refractivity contribution in [3.8, 4) is 0 Å². The minimum Gasteiger partial charge on any atom is -0.466 e. The van der Waals surface area contributed by atoms with E-state index < -0.39 is 0 Å². The van der Waals surface area contributed by atoms with E-state index >= 15 is 0 Å². The van der Waals surface area contributed by atoms with Crippen molar-refractivity contribution in [3.05, 3.63) is 29.3 Å². The molecule has 2 atom stereocenters. The quantitative estimate of drug-likeness (QED) is 0.0805. The Labute approximate surface area is 324 Å². The van der Waals surface area contributed by atoms with E-state index in [9.17, 15) is 14.4 Å². The number of carbonyl (C=O) groups excluding carboxylic acids is 3. The second kappa shape index (κ2) is 31.8. The minimum atomic E-state index is -0.121. The molecule has 0 aromatic heterocycles. The lowest BCUT2D eigenvalue weighted by molar-refractivity contribution is -0.149. The van der Waals surface area contributed by atoms with Crippen LogP contribution in [0.15, 0.2) is 29.3 Å². The Morgan fingerprint density at radius 3 is 1.72 bits per heavy atom. The van der Waals surface area contributed by atoms with Gasteiger partial charge < -0.3 is 19.1 Å². The molecule has 0 radical (unpaired) electrons. The van der Waals surface area contributed by atoms with Gasteiger partial charge in [-0.05, 0) is 113 Å². The number of ether oxygens (including phenoxy) is 3. The van der Waals surface area contributed by atoms with Crippen LogP contribution in [0.3, 0.4) is 0 Å². The van der Waals surface area contributed by atoms with Crippen molar-refractivity contribution in [1.82, 2.24) is 4.90 Å². The van der Waals surface area contributed by atoms with Crippen molar-refractivity contribution in [2.24, 2.45) is 17.8 Å². The fourth-order valence-corrected chi connectivity index (χ4v) is 7.97. The molecule has 2 rings (SSSR count). The number of unbranched alkanes of at least 4 members (excludes halogenated alkanes) is 4. The molecule has 2 heterocycles. The average molecular weight is 740 g/mol. The molecule has 0 spiro atoms. The molecule has 0 aromatic carbocycles.